The summed E-state index contributed by atoms with van der Waals surface area (Å²) in [4.78, 5) is 3.92. The molecule has 0 aliphatic rings. The molecule has 0 saturated carbocycles. The third-order valence-electron chi connectivity index (χ3n) is 1.63. The Morgan fingerprint density at radius 1 is 1.29 bits per heavy atom. The van der Waals surface area contributed by atoms with Crippen LogP contribution in [-0.2, 0) is 0 Å². The third-order valence-corrected chi connectivity index (χ3v) is 1.63. The van der Waals surface area contributed by atoms with Crippen LogP contribution in [0, 0.1) is 11.9 Å². The topological polar surface area (TPSA) is 22.1 Å². The second kappa shape index (κ2) is 3.87. The average molecular weight is 188 g/mol. The van der Waals surface area contributed by atoms with Crippen LogP contribution in [0.1, 0.15) is 0 Å². The molecule has 1 heterocycles. The molecular formula is C11H7FNO. The summed E-state index contributed by atoms with van der Waals surface area (Å²) in [6.45, 7) is 0. The van der Waals surface area contributed by atoms with Gasteiger partial charge in [-0.15, -0.1) is 0 Å². The van der Waals surface area contributed by atoms with Crippen LogP contribution in [0.15, 0.2) is 42.6 Å². The molecular weight excluding hydrogens is 181 g/mol. The Hall–Kier alpha value is -1.90. The van der Waals surface area contributed by atoms with Crippen LogP contribution in [0.3, 0.4) is 0 Å². The first-order valence-corrected chi connectivity index (χ1v) is 4.11. The van der Waals surface area contributed by atoms with Crippen molar-refractivity contribution in [2.75, 3.05) is 0 Å². The zero-order chi connectivity index (χ0) is 9.80. The van der Waals surface area contributed by atoms with Crippen molar-refractivity contribution >= 4 is 0 Å². The Kier molecular flexibility index (Phi) is 2.40. The number of halogens is 1. The third kappa shape index (κ3) is 1.88. The predicted octanol–water partition coefficient (Wildman–Crippen LogP) is 2.81. The van der Waals surface area contributed by atoms with Crippen molar-refractivity contribution in [3.05, 3.63) is 54.5 Å². The zero-order valence-corrected chi connectivity index (χ0v) is 7.27. The standard InChI is InChI=1S/C11H7FNO/c12-9-5-1-2-6-10(9)14-11-7-3-4-8-13-11/h2-8H. The van der Waals surface area contributed by atoms with Gasteiger partial charge in [-0.25, -0.2) is 9.37 Å². The highest BCUT2D eigenvalue weighted by atomic mass is 19.1. The van der Waals surface area contributed by atoms with E-state index in [9.17, 15) is 4.39 Å². The van der Waals surface area contributed by atoms with Crippen LogP contribution >= 0.6 is 0 Å². The number of hydrogen-bond acceptors (Lipinski definition) is 2. The maximum absolute atomic E-state index is 13.1. The van der Waals surface area contributed by atoms with Crippen molar-refractivity contribution < 1.29 is 9.13 Å². The quantitative estimate of drug-likeness (QED) is 0.722. The first-order valence-electron chi connectivity index (χ1n) is 4.11. The van der Waals surface area contributed by atoms with Gasteiger partial charge >= 0.3 is 0 Å². The van der Waals surface area contributed by atoms with E-state index in [2.05, 4.69) is 11.1 Å². The van der Waals surface area contributed by atoms with Crippen molar-refractivity contribution in [2.24, 2.45) is 0 Å². The van der Waals surface area contributed by atoms with Gasteiger partial charge in [0.2, 0.25) is 5.88 Å². The number of ether oxygens (including phenoxy) is 1. The Morgan fingerprint density at radius 2 is 2.21 bits per heavy atom. The predicted molar refractivity (Wildman–Crippen MR) is 49.5 cm³/mol. The van der Waals surface area contributed by atoms with Crippen LogP contribution < -0.4 is 4.74 Å². The van der Waals surface area contributed by atoms with E-state index < -0.39 is 5.82 Å². The SMILES string of the molecule is Fc1c[c]ccc1Oc1ccccn1. The van der Waals surface area contributed by atoms with E-state index in [4.69, 9.17) is 4.74 Å². The molecule has 0 unspecified atom stereocenters. The number of hydrogen-bond donors (Lipinski definition) is 0. The molecule has 2 aromatic rings. The smallest absolute Gasteiger partial charge is 0.219 e. The summed E-state index contributed by atoms with van der Waals surface area (Å²) in [6.07, 6.45) is 1.59. The molecule has 0 atom stereocenters. The largest absolute Gasteiger partial charge is 0.436 e. The Bertz CT molecular complexity index is 417. The molecule has 69 valence electrons. The van der Waals surface area contributed by atoms with E-state index >= 15 is 0 Å². The molecule has 0 aliphatic heterocycles. The molecule has 2 rings (SSSR count). The van der Waals surface area contributed by atoms with E-state index in [1.807, 2.05) is 0 Å². The highest BCUT2D eigenvalue weighted by Crippen LogP contribution is 2.21. The van der Waals surface area contributed by atoms with E-state index in [1.54, 1.807) is 30.5 Å². The molecule has 0 bridgehead atoms. The molecule has 0 amide bonds. The highest BCUT2D eigenvalue weighted by molar-refractivity contribution is 5.27. The van der Waals surface area contributed by atoms with Crippen LogP contribution in [0.5, 0.6) is 11.6 Å². The first-order chi connectivity index (χ1) is 6.86. The van der Waals surface area contributed by atoms with Gasteiger partial charge in [0.15, 0.2) is 11.6 Å². The summed E-state index contributed by atoms with van der Waals surface area (Å²) in [6, 6.07) is 12.1. The lowest BCUT2D eigenvalue weighted by molar-refractivity contribution is 0.427. The van der Waals surface area contributed by atoms with Gasteiger partial charge in [0.25, 0.3) is 0 Å². The summed E-state index contributed by atoms with van der Waals surface area (Å²) in [5.74, 6) is 0.0817. The van der Waals surface area contributed by atoms with Gasteiger partial charge < -0.3 is 4.74 Å². The Labute approximate surface area is 81.0 Å². The van der Waals surface area contributed by atoms with Crippen molar-refractivity contribution in [1.29, 1.82) is 0 Å². The van der Waals surface area contributed by atoms with Crippen molar-refractivity contribution in [3.63, 3.8) is 0 Å². The number of pyridine rings is 1. The minimum atomic E-state index is -0.446. The van der Waals surface area contributed by atoms with Gasteiger partial charge in [-0.3, -0.25) is 0 Å². The molecule has 1 radical (unpaired) electrons. The zero-order valence-electron chi connectivity index (χ0n) is 7.27. The van der Waals surface area contributed by atoms with Crippen LogP contribution in [0.2, 0.25) is 0 Å². The van der Waals surface area contributed by atoms with Gasteiger partial charge in [0, 0.05) is 12.3 Å². The molecule has 0 spiro atoms. The summed E-state index contributed by atoms with van der Waals surface area (Å²) < 4.78 is 18.3. The molecule has 3 heteroatoms. The summed E-state index contributed by atoms with van der Waals surface area (Å²) >= 11 is 0. The minimum absolute atomic E-state index is 0.155. The van der Waals surface area contributed by atoms with Gasteiger partial charge in [0.1, 0.15) is 0 Å². The van der Waals surface area contributed by atoms with Crippen molar-refractivity contribution in [2.45, 2.75) is 0 Å². The van der Waals surface area contributed by atoms with E-state index in [1.165, 1.54) is 12.1 Å². The lowest BCUT2D eigenvalue weighted by atomic mass is 10.3. The monoisotopic (exact) mass is 188 g/mol. The van der Waals surface area contributed by atoms with Crippen LogP contribution in [-0.4, -0.2) is 4.98 Å². The molecule has 0 fully saturated rings. The molecule has 0 aliphatic carbocycles. The van der Waals surface area contributed by atoms with Crippen molar-refractivity contribution in [3.8, 4) is 11.6 Å². The fourth-order valence-electron chi connectivity index (χ4n) is 0.999. The Morgan fingerprint density at radius 3 is 2.93 bits per heavy atom. The number of nitrogens with zero attached hydrogens (tertiary/aromatic N) is 1. The molecule has 1 aromatic heterocycles. The first kappa shape index (κ1) is 8.69. The van der Waals surface area contributed by atoms with Crippen LogP contribution in [0.25, 0.3) is 0 Å². The second-order valence-electron chi connectivity index (χ2n) is 2.63. The van der Waals surface area contributed by atoms with Gasteiger partial charge in [-0.05, 0) is 24.3 Å². The number of rotatable bonds is 2. The lowest BCUT2D eigenvalue weighted by Crippen LogP contribution is -1.89. The van der Waals surface area contributed by atoms with Gasteiger partial charge in [-0.2, -0.15) is 0 Å². The Balaban J connectivity index is 2.24. The fraction of sp³-hybridized carbons (Fsp3) is 0. The van der Waals surface area contributed by atoms with Crippen molar-refractivity contribution in [1.82, 2.24) is 4.98 Å². The number of benzene rings is 1. The minimum Gasteiger partial charge on any atom is -0.436 e. The summed E-state index contributed by atoms with van der Waals surface area (Å²) in [5.41, 5.74) is 0. The van der Waals surface area contributed by atoms with E-state index in [0.717, 1.165) is 0 Å². The molecule has 2 nitrogen and oxygen atoms in total. The highest BCUT2D eigenvalue weighted by Gasteiger charge is 2.02. The molecule has 1 aromatic carbocycles. The van der Waals surface area contributed by atoms with E-state index in [0.29, 0.717) is 5.88 Å². The molecule has 0 N–H and O–H groups in total. The summed E-state index contributed by atoms with van der Waals surface area (Å²) in [5, 5.41) is 0. The summed E-state index contributed by atoms with van der Waals surface area (Å²) in [7, 11) is 0. The second-order valence-corrected chi connectivity index (χ2v) is 2.63. The molecule has 14 heavy (non-hydrogen) atoms. The van der Waals surface area contributed by atoms with Gasteiger partial charge in [0.05, 0.1) is 0 Å². The number of aromatic nitrogens is 1. The normalized spacial score (nSPS) is 9.79. The lowest BCUT2D eigenvalue weighted by Gasteiger charge is -2.03. The molecule has 0 saturated heterocycles. The average Bonchev–Trinajstić information content (AvgIpc) is 2.23. The maximum atomic E-state index is 13.1. The van der Waals surface area contributed by atoms with E-state index in [-0.39, 0.29) is 5.75 Å². The van der Waals surface area contributed by atoms with Gasteiger partial charge in [-0.1, -0.05) is 12.1 Å². The fourth-order valence-corrected chi connectivity index (χ4v) is 0.999. The van der Waals surface area contributed by atoms with Crippen LogP contribution in [0.4, 0.5) is 4.39 Å². The maximum Gasteiger partial charge on any atom is 0.219 e.